The van der Waals surface area contributed by atoms with Crippen molar-refractivity contribution in [1.29, 1.82) is 0 Å². The SMILES string of the molecule is Cc1cc(-c2cccc(F)c2)ncc1N. The Balaban J connectivity index is 2.50. The van der Waals surface area contributed by atoms with Crippen LogP contribution in [0.15, 0.2) is 36.5 Å². The molecule has 15 heavy (non-hydrogen) atoms. The highest BCUT2D eigenvalue weighted by molar-refractivity contribution is 5.62. The van der Waals surface area contributed by atoms with Crippen molar-refractivity contribution in [2.45, 2.75) is 6.92 Å². The lowest BCUT2D eigenvalue weighted by molar-refractivity contribution is 0.628. The third-order valence-corrected chi connectivity index (χ3v) is 2.27. The summed E-state index contributed by atoms with van der Waals surface area (Å²) in [5, 5.41) is 0. The minimum Gasteiger partial charge on any atom is -0.397 e. The largest absolute Gasteiger partial charge is 0.397 e. The van der Waals surface area contributed by atoms with Gasteiger partial charge in [-0.05, 0) is 30.7 Å². The molecule has 3 heteroatoms. The first-order valence-electron chi connectivity index (χ1n) is 4.65. The van der Waals surface area contributed by atoms with E-state index in [0.717, 1.165) is 16.8 Å². The quantitative estimate of drug-likeness (QED) is 0.772. The van der Waals surface area contributed by atoms with Crippen molar-refractivity contribution in [3.8, 4) is 11.3 Å². The number of aromatic nitrogens is 1. The molecular formula is C12H11FN2. The van der Waals surface area contributed by atoms with Gasteiger partial charge in [0, 0.05) is 5.56 Å². The van der Waals surface area contributed by atoms with Gasteiger partial charge in [0.15, 0.2) is 0 Å². The van der Waals surface area contributed by atoms with Crippen molar-refractivity contribution in [3.05, 3.63) is 47.9 Å². The summed E-state index contributed by atoms with van der Waals surface area (Å²) in [4.78, 5) is 4.16. The fourth-order valence-electron chi connectivity index (χ4n) is 1.37. The van der Waals surface area contributed by atoms with Gasteiger partial charge in [0.2, 0.25) is 0 Å². The van der Waals surface area contributed by atoms with E-state index >= 15 is 0 Å². The number of nitrogens with two attached hydrogens (primary N) is 1. The number of nitrogens with zero attached hydrogens (tertiary/aromatic N) is 1. The van der Waals surface area contributed by atoms with Crippen LogP contribution in [0.2, 0.25) is 0 Å². The van der Waals surface area contributed by atoms with E-state index in [1.54, 1.807) is 12.3 Å². The second-order valence-corrected chi connectivity index (χ2v) is 3.44. The van der Waals surface area contributed by atoms with Crippen molar-refractivity contribution in [2.24, 2.45) is 0 Å². The molecule has 0 aliphatic rings. The van der Waals surface area contributed by atoms with Crippen LogP contribution in [0.25, 0.3) is 11.3 Å². The van der Waals surface area contributed by atoms with Crippen molar-refractivity contribution < 1.29 is 4.39 Å². The lowest BCUT2D eigenvalue weighted by atomic mass is 10.1. The summed E-state index contributed by atoms with van der Waals surface area (Å²) in [7, 11) is 0. The zero-order valence-corrected chi connectivity index (χ0v) is 8.37. The van der Waals surface area contributed by atoms with E-state index in [1.807, 2.05) is 19.1 Å². The van der Waals surface area contributed by atoms with E-state index in [2.05, 4.69) is 4.98 Å². The Labute approximate surface area is 87.6 Å². The Morgan fingerprint density at radius 1 is 1.27 bits per heavy atom. The van der Waals surface area contributed by atoms with E-state index in [-0.39, 0.29) is 5.82 Å². The molecular weight excluding hydrogens is 191 g/mol. The first-order chi connectivity index (χ1) is 7.16. The molecule has 0 saturated carbocycles. The van der Waals surface area contributed by atoms with Crippen LogP contribution >= 0.6 is 0 Å². The number of anilines is 1. The maximum Gasteiger partial charge on any atom is 0.123 e. The number of nitrogen functional groups attached to an aromatic ring is 1. The van der Waals surface area contributed by atoms with Gasteiger partial charge in [-0.3, -0.25) is 4.98 Å². The molecule has 76 valence electrons. The fraction of sp³-hybridized carbons (Fsp3) is 0.0833. The molecule has 1 heterocycles. The number of hydrogen-bond acceptors (Lipinski definition) is 2. The van der Waals surface area contributed by atoms with Crippen LogP contribution in [0.5, 0.6) is 0 Å². The number of halogens is 1. The first kappa shape index (κ1) is 9.65. The predicted octanol–water partition coefficient (Wildman–Crippen LogP) is 2.78. The predicted molar refractivity (Wildman–Crippen MR) is 58.8 cm³/mol. The summed E-state index contributed by atoms with van der Waals surface area (Å²) < 4.78 is 13.0. The number of aryl methyl sites for hydroxylation is 1. The molecule has 0 spiro atoms. The van der Waals surface area contributed by atoms with Crippen LogP contribution in [0.4, 0.5) is 10.1 Å². The molecule has 0 atom stereocenters. The monoisotopic (exact) mass is 202 g/mol. The van der Waals surface area contributed by atoms with E-state index < -0.39 is 0 Å². The summed E-state index contributed by atoms with van der Waals surface area (Å²) >= 11 is 0. The lowest BCUT2D eigenvalue weighted by Crippen LogP contribution is -1.92. The zero-order chi connectivity index (χ0) is 10.8. The average molecular weight is 202 g/mol. The van der Waals surface area contributed by atoms with Crippen LogP contribution in [0.3, 0.4) is 0 Å². The molecule has 0 saturated heterocycles. The molecule has 0 aliphatic heterocycles. The van der Waals surface area contributed by atoms with Crippen LogP contribution in [0.1, 0.15) is 5.56 Å². The lowest BCUT2D eigenvalue weighted by Gasteiger charge is -2.04. The first-order valence-corrected chi connectivity index (χ1v) is 4.65. The second kappa shape index (κ2) is 3.69. The minimum absolute atomic E-state index is 0.260. The van der Waals surface area contributed by atoms with E-state index in [0.29, 0.717) is 5.69 Å². The highest BCUT2D eigenvalue weighted by atomic mass is 19.1. The third kappa shape index (κ3) is 1.96. The Morgan fingerprint density at radius 3 is 2.73 bits per heavy atom. The second-order valence-electron chi connectivity index (χ2n) is 3.44. The summed E-state index contributed by atoms with van der Waals surface area (Å²) in [6, 6.07) is 8.20. The van der Waals surface area contributed by atoms with Gasteiger partial charge in [-0.25, -0.2) is 4.39 Å². The van der Waals surface area contributed by atoms with Crippen molar-refractivity contribution in [1.82, 2.24) is 4.98 Å². The van der Waals surface area contributed by atoms with Gasteiger partial charge in [-0.1, -0.05) is 12.1 Å². The van der Waals surface area contributed by atoms with E-state index in [4.69, 9.17) is 5.73 Å². The van der Waals surface area contributed by atoms with Crippen molar-refractivity contribution in [2.75, 3.05) is 5.73 Å². The molecule has 2 aromatic rings. The smallest absolute Gasteiger partial charge is 0.123 e. The normalized spacial score (nSPS) is 10.3. The number of pyridine rings is 1. The van der Waals surface area contributed by atoms with Crippen LogP contribution in [-0.4, -0.2) is 4.98 Å². The summed E-state index contributed by atoms with van der Waals surface area (Å²) in [5.41, 5.74) is 8.76. The van der Waals surface area contributed by atoms with Gasteiger partial charge in [-0.15, -0.1) is 0 Å². The molecule has 0 unspecified atom stereocenters. The Kier molecular flexibility index (Phi) is 2.37. The highest BCUT2D eigenvalue weighted by Gasteiger charge is 2.02. The van der Waals surface area contributed by atoms with Gasteiger partial charge in [0.05, 0.1) is 17.6 Å². The Hall–Kier alpha value is -1.90. The Bertz CT molecular complexity index is 495. The molecule has 0 fully saturated rings. The molecule has 0 amide bonds. The molecule has 1 aromatic heterocycles. The zero-order valence-electron chi connectivity index (χ0n) is 8.37. The molecule has 2 nitrogen and oxygen atoms in total. The van der Waals surface area contributed by atoms with Gasteiger partial charge in [0.25, 0.3) is 0 Å². The van der Waals surface area contributed by atoms with Gasteiger partial charge < -0.3 is 5.73 Å². The maximum atomic E-state index is 13.0. The summed E-state index contributed by atoms with van der Waals surface area (Å²) in [5.74, 6) is -0.260. The van der Waals surface area contributed by atoms with Crippen LogP contribution in [-0.2, 0) is 0 Å². The van der Waals surface area contributed by atoms with Gasteiger partial charge in [-0.2, -0.15) is 0 Å². The average Bonchev–Trinajstić information content (AvgIpc) is 2.22. The van der Waals surface area contributed by atoms with Crippen molar-refractivity contribution >= 4 is 5.69 Å². The molecule has 2 N–H and O–H groups in total. The van der Waals surface area contributed by atoms with Crippen LogP contribution < -0.4 is 5.73 Å². The van der Waals surface area contributed by atoms with Crippen LogP contribution in [0, 0.1) is 12.7 Å². The Morgan fingerprint density at radius 2 is 2.07 bits per heavy atom. The minimum atomic E-state index is -0.260. The molecule has 1 aromatic carbocycles. The standard InChI is InChI=1S/C12H11FN2/c1-8-5-12(15-7-11(8)14)9-3-2-4-10(13)6-9/h2-7H,14H2,1H3. The highest BCUT2D eigenvalue weighted by Crippen LogP contribution is 2.20. The maximum absolute atomic E-state index is 13.0. The van der Waals surface area contributed by atoms with Crippen molar-refractivity contribution in [3.63, 3.8) is 0 Å². The number of benzene rings is 1. The fourth-order valence-corrected chi connectivity index (χ4v) is 1.37. The number of rotatable bonds is 1. The molecule has 0 radical (unpaired) electrons. The number of hydrogen-bond donors (Lipinski definition) is 1. The van der Waals surface area contributed by atoms with E-state index in [1.165, 1.54) is 12.1 Å². The van der Waals surface area contributed by atoms with Gasteiger partial charge in [0.1, 0.15) is 5.82 Å². The summed E-state index contributed by atoms with van der Waals surface area (Å²) in [6.07, 6.45) is 1.59. The molecule has 0 bridgehead atoms. The molecule has 0 aliphatic carbocycles. The topological polar surface area (TPSA) is 38.9 Å². The van der Waals surface area contributed by atoms with Gasteiger partial charge >= 0.3 is 0 Å². The molecule has 2 rings (SSSR count). The van der Waals surface area contributed by atoms with E-state index in [9.17, 15) is 4.39 Å². The summed E-state index contributed by atoms with van der Waals surface area (Å²) in [6.45, 7) is 1.90. The third-order valence-electron chi connectivity index (χ3n) is 2.27.